The van der Waals surface area contributed by atoms with E-state index in [1.54, 1.807) is 0 Å². The Balaban J connectivity index is 1.41. The molecule has 4 heteroatoms. The van der Waals surface area contributed by atoms with Gasteiger partial charge in [-0.25, -0.2) is 4.59 Å². The van der Waals surface area contributed by atoms with Gasteiger partial charge in [-0.1, -0.05) is 41.9 Å². The van der Waals surface area contributed by atoms with Crippen LogP contribution in [0.15, 0.2) is 48.5 Å². The number of quaternary nitrogens is 1. The van der Waals surface area contributed by atoms with Gasteiger partial charge in [0.25, 0.3) is 0 Å². The van der Waals surface area contributed by atoms with E-state index in [0.29, 0.717) is 23.4 Å². The van der Waals surface area contributed by atoms with Crippen molar-refractivity contribution in [3.8, 4) is 5.75 Å². The maximum Gasteiger partial charge on any atom is 0.140 e. The fraction of sp³-hybridized carbons (Fsp3) is 0.368. The Labute approximate surface area is 137 Å². The fourth-order valence-corrected chi connectivity index (χ4v) is 6.46. The molecule has 0 amide bonds. The summed E-state index contributed by atoms with van der Waals surface area (Å²) in [4.78, 5) is 0. The van der Waals surface area contributed by atoms with Gasteiger partial charge in [-0.3, -0.25) is 0 Å². The van der Waals surface area contributed by atoms with Crippen molar-refractivity contribution in [2.75, 3.05) is 7.05 Å². The van der Waals surface area contributed by atoms with Crippen molar-refractivity contribution < 1.29 is 9.70 Å². The lowest BCUT2D eigenvalue weighted by molar-refractivity contribution is -1.07. The third-order valence-electron chi connectivity index (χ3n) is 7.08. The van der Waals surface area contributed by atoms with Crippen LogP contribution in [-0.4, -0.2) is 41.2 Å². The van der Waals surface area contributed by atoms with E-state index >= 15 is 0 Å². The number of nitrogens with zero attached hydrogens (tertiary/aromatic N) is 2. The third kappa shape index (κ3) is 1.10. The van der Waals surface area contributed by atoms with Gasteiger partial charge in [0.05, 0.1) is 24.6 Å². The smallest absolute Gasteiger partial charge is 0.140 e. The number of rotatable bonds is 2. The summed E-state index contributed by atoms with van der Waals surface area (Å²) in [5, 5.41) is 13.0. The number of para-hydroxylation sites is 1. The topological polar surface area (TPSA) is 23.5 Å². The molecule has 2 bridgehead atoms. The Kier molecular flexibility index (Phi) is 1.92. The summed E-state index contributed by atoms with van der Waals surface area (Å²) in [5.41, 5.74) is 3.73. The predicted molar refractivity (Wildman–Crippen MR) is 88.1 cm³/mol. The van der Waals surface area contributed by atoms with E-state index in [1.165, 1.54) is 12.0 Å². The lowest BCUT2D eigenvalue weighted by Gasteiger charge is -2.53. The molecule has 5 aliphatic rings. The summed E-state index contributed by atoms with van der Waals surface area (Å²) >= 11 is 0. The number of hydrogen-bond acceptors (Lipinski definition) is 2. The lowest BCUT2D eigenvalue weighted by Crippen LogP contribution is -2.70. The number of likely N-dealkylation sites (N-methyl/N-ethyl adjacent to an activating group) is 1. The largest absolute Gasteiger partial charge is 0.507 e. The first-order chi connectivity index (χ1) is 11.1. The molecule has 4 aliphatic heterocycles. The number of phenols is 1. The first-order valence-corrected chi connectivity index (χ1v) is 8.39. The molecule has 4 heterocycles. The van der Waals surface area contributed by atoms with Crippen LogP contribution < -0.4 is 5.46 Å². The van der Waals surface area contributed by atoms with E-state index in [4.69, 9.17) is 7.85 Å². The van der Waals surface area contributed by atoms with Gasteiger partial charge in [0.2, 0.25) is 0 Å². The first-order valence-electron chi connectivity index (χ1n) is 8.39. The summed E-state index contributed by atoms with van der Waals surface area (Å²) in [5.74, 6) is 1.22. The molecule has 5 fully saturated rings. The number of aromatic hydroxyl groups is 1. The number of hydrogen-bond donors (Lipinski definition) is 1. The fourth-order valence-electron chi connectivity index (χ4n) is 6.46. The molecule has 2 aromatic rings. The van der Waals surface area contributed by atoms with Crippen molar-refractivity contribution >= 4 is 13.3 Å². The number of fused-ring (bicyclic) bond motifs is 1. The van der Waals surface area contributed by atoms with Crippen LogP contribution in [0.2, 0.25) is 0 Å². The highest BCUT2D eigenvalue weighted by Crippen LogP contribution is 2.90. The summed E-state index contributed by atoms with van der Waals surface area (Å²) in [6.45, 7) is 0. The summed E-state index contributed by atoms with van der Waals surface area (Å²) in [6.07, 6.45) is 1.18. The number of phenolic OH excluding ortho intramolecular Hbond substituents is 1. The zero-order valence-corrected chi connectivity index (χ0v) is 13.1. The van der Waals surface area contributed by atoms with Crippen LogP contribution in [0, 0.1) is 5.92 Å². The minimum Gasteiger partial charge on any atom is -0.507 e. The van der Waals surface area contributed by atoms with Crippen molar-refractivity contribution in [3.63, 3.8) is 0 Å². The molecule has 4 saturated heterocycles. The molecule has 2 radical (unpaired) electrons. The highest BCUT2D eigenvalue weighted by Gasteiger charge is 3.06. The molecule has 1 spiro atoms. The van der Waals surface area contributed by atoms with E-state index in [1.807, 2.05) is 24.3 Å². The van der Waals surface area contributed by atoms with E-state index in [9.17, 15) is 5.11 Å². The van der Waals surface area contributed by atoms with Crippen LogP contribution in [0.4, 0.5) is 0 Å². The summed E-state index contributed by atoms with van der Waals surface area (Å²) in [6, 6.07) is 17.8. The van der Waals surface area contributed by atoms with Crippen LogP contribution in [0.1, 0.15) is 29.6 Å². The average Bonchev–Trinajstić information content (AvgIpc) is 2.78. The Morgan fingerprint density at radius 1 is 1.22 bits per heavy atom. The first kappa shape index (κ1) is 12.6. The van der Waals surface area contributed by atoms with E-state index in [2.05, 4.69) is 36.3 Å². The van der Waals surface area contributed by atoms with Crippen LogP contribution in [0.3, 0.4) is 0 Å². The quantitative estimate of drug-likeness (QED) is 0.675. The molecule has 7 rings (SSSR count). The zero-order valence-electron chi connectivity index (χ0n) is 13.1. The van der Waals surface area contributed by atoms with Crippen molar-refractivity contribution in [2.45, 2.75) is 30.1 Å². The van der Waals surface area contributed by atoms with Crippen molar-refractivity contribution in [3.05, 3.63) is 59.7 Å². The van der Waals surface area contributed by atoms with Gasteiger partial charge in [-0.2, -0.15) is 0 Å². The highest BCUT2D eigenvalue weighted by atomic mass is 16.3. The molecular formula is C19H18BN2O+. The average molecular weight is 301 g/mol. The Hall–Kier alpha value is -1.78. The second-order valence-electron chi connectivity index (χ2n) is 7.80. The standard InChI is InChI=1S/C19H17BN2O/c1-22-14(13-7-2-3-8-15(13)23)10-19-16(18(19)22)17(21(19)22)11-5-4-6-12(20)9-11/h2-9,14,16-18H,10H2,1H3/p+1. The molecule has 6 atom stereocenters. The number of piperidine rings is 1. The highest BCUT2D eigenvalue weighted by molar-refractivity contribution is 6.32. The SMILES string of the molecule is [B]c1cccc(C2C3C4C35CC(c3ccccc3O)[N+]4(C)N25)c1. The molecule has 2 aromatic carbocycles. The zero-order chi connectivity index (χ0) is 15.6. The monoisotopic (exact) mass is 301 g/mol. The predicted octanol–water partition coefficient (Wildman–Crippen LogP) is 1.80. The van der Waals surface area contributed by atoms with Crippen molar-refractivity contribution in [1.29, 1.82) is 0 Å². The molecule has 0 aromatic heterocycles. The van der Waals surface area contributed by atoms with E-state index in [0.717, 1.165) is 27.6 Å². The Morgan fingerprint density at radius 2 is 2.04 bits per heavy atom. The summed E-state index contributed by atoms with van der Waals surface area (Å²) in [7, 11) is 8.34. The third-order valence-corrected chi connectivity index (χ3v) is 7.08. The molecule has 112 valence electrons. The maximum atomic E-state index is 10.3. The van der Waals surface area contributed by atoms with Gasteiger partial charge in [-0.15, -0.1) is 5.01 Å². The van der Waals surface area contributed by atoms with Gasteiger partial charge < -0.3 is 5.11 Å². The van der Waals surface area contributed by atoms with Gasteiger partial charge in [0.1, 0.15) is 31.2 Å². The van der Waals surface area contributed by atoms with Crippen molar-refractivity contribution in [2.24, 2.45) is 5.92 Å². The maximum absolute atomic E-state index is 10.3. The molecule has 1 saturated carbocycles. The molecule has 1 N–H and O–H groups in total. The number of benzene rings is 2. The Morgan fingerprint density at radius 3 is 2.78 bits per heavy atom. The molecule has 6 unspecified atom stereocenters. The van der Waals surface area contributed by atoms with E-state index in [-0.39, 0.29) is 0 Å². The van der Waals surface area contributed by atoms with Crippen molar-refractivity contribution in [1.82, 2.24) is 5.01 Å². The summed E-state index contributed by atoms with van der Waals surface area (Å²) < 4.78 is 0.974. The second-order valence-corrected chi connectivity index (χ2v) is 7.80. The minimum absolute atomic E-state index is 0.392. The van der Waals surface area contributed by atoms with Crippen LogP contribution in [0.25, 0.3) is 0 Å². The minimum atomic E-state index is 0.392. The van der Waals surface area contributed by atoms with Gasteiger partial charge in [0.15, 0.2) is 0 Å². The van der Waals surface area contributed by atoms with Crippen LogP contribution in [0.5, 0.6) is 5.75 Å². The molecular weight excluding hydrogens is 283 g/mol. The lowest BCUT2D eigenvalue weighted by atomic mass is 9.85. The van der Waals surface area contributed by atoms with Crippen LogP contribution >= 0.6 is 0 Å². The van der Waals surface area contributed by atoms with E-state index < -0.39 is 0 Å². The second kappa shape index (κ2) is 3.50. The molecule has 1 aliphatic carbocycles. The molecule has 23 heavy (non-hydrogen) atoms. The Bertz CT molecular complexity index is 870. The van der Waals surface area contributed by atoms with Gasteiger partial charge >= 0.3 is 0 Å². The van der Waals surface area contributed by atoms with Gasteiger partial charge in [-0.05, 0) is 17.7 Å². The van der Waals surface area contributed by atoms with Crippen LogP contribution in [-0.2, 0) is 0 Å². The molecule has 3 nitrogen and oxygen atoms in total. The van der Waals surface area contributed by atoms with Gasteiger partial charge in [0, 0.05) is 6.42 Å². The normalized spacial score (nSPS) is 45.1.